The summed E-state index contributed by atoms with van der Waals surface area (Å²) in [5, 5.41) is 2.86. The van der Waals surface area contributed by atoms with Crippen LogP contribution in [0.3, 0.4) is 0 Å². The second kappa shape index (κ2) is 4.19. The lowest BCUT2D eigenvalue weighted by Gasteiger charge is -2.03. The summed E-state index contributed by atoms with van der Waals surface area (Å²) >= 11 is 0. The first-order chi connectivity index (χ1) is 6.13. The second-order valence-corrected chi connectivity index (χ2v) is 3.33. The number of Topliss-reactive ketones (excluding diaryl/α,β-unsaturated/α-hetero) is 1. The Morgan fingerprint density at radius 3 is 2.23 bits per heavy atom. The first-order valence-corrected chi connectivity index (χ1v) is 4.39. The molecule has 13 heavy (non-hydrogen) atoms. The molecule has 1 N–H and O–H groups in total. The molecule has 0 aliphatic heterocycles. The van der Waals surface area contributed by atoms with Crippen LogP contribution in [-0.4, -0.2) is 19.4 Å². The Morgan fingerprint density at radius 2 is 1.77 bits per heavy atom. The van der Waals surface area contributed by atoms with Crippen molar-refractivity contribution in [1.82, 2.24) is 5.32 Å². The number of carbonyl (C=O) groups excluding carboxylic acids is 1. The van der Waals surface area contributed by atoms with Gasteiger partial charge < -0.3 is 5.32 Å². The van der Waals surface area contributed by atoms with E-state index in [2.05, 4.69) is 11.4 Å². The minimum Gasteiger partial charge on any atom is -0.313 e. The molecule has 2 heteroatoms. The van der Waals surface area contributed by atoms with Crippen LogP contribution in [0.2, 0.25) is 0 Å². The van der Waals surface area contributed by atoms with Gasteiger partial charge in [-0.05, 0) is 33.0 Å². The van der Waals surface area contributed by atoms with E-state index >= 15 is 0 Å². The van der Waals surface area contributed by atoms with Gasteiger partial charge in [0.1, 0.15) is 0 Å². The number of rotatable bonds is 3. The number of likely N-dealkylation sites (N-methyl/N-ethyl adjacent to an activating group) is 1. The molecule has 0 bridgehead atoms. The van der Waals surface area contributed by atoms with Gasteiger partial charge in [0.15, 0.2) is 5.78 Å². The Labute approximate surface area is 79.0 Å². The van der Waals surface area contributed by atoms with E-state index in [1.807, 2.05) is 26.0 Å². The predicted molar refractivity (Wildman–Crippen MR) is 54.2 cm³/mol. The van der Waals surface area contributed by atoms with E-state index in [9.17, 15) is 4.79 Å². The third-order valence-corrected chi connectivity index (χ3v) is 1.88. The molecule has 0 aliphatic carbocycles. The van der Waals surface area contributed by atoms with Gasteiger partial charge in [-0.2, -0.15) is 0 Å². The average Bonchev–Trinajstić information content (AvgIpc) is 2.03. The zero-order chi connectivity index (χ0) is 9.84. The summed E-state index contributed by atoms with van der Waals surface area (Å²) in [6.45, 7) is 4.41. The van der Waals surface area contributed by atoms with Crippen molar-refractivity contribution in [3.63, 3.8) is 0 Å². The van der Waals surface area contributed by atoms with Crippen LogP contribution in [0.1, 0.15) is 21.5 Å². The van der Waals surface area contributed by atoms with E-state index in [0.717, 1.165) is 16.7 Å². The van der Waals surface area contributed by atoms with Gasteiger partial charge in [0.25, 0.3) is 0 Å². The first-order valence-electron chi connectivity index (χ1n) is 4.39. The Balaban J connectivity index is 2.94. The maximum absolute atomic E-state index is 11.5. The van der Waals surface area contributed by atoms with Crippen LogP contribution in [-0.2, 0) is 0 Å². The number of hydrogen-bond acceptors (Lipinski definition) is 2. The zero-order valence-electron chi connectivity index (χ0n) is 8.35. The van der Waals surface area contributed by atoms with Gasteiger partial charge in [-0.15, -0.1) is 0 Å². The average molecular weight is 177 g/mol. The maximum atomic E-state index is 11.5. The fourth-order valence-corrected chi connectivity index (χ4v) is 1.40. The summed E-state index contributed by atoms with van der Waals surface area (Å²) in [4.78, 5) is 11.5. The maximum Gasteiger partial charge on any atom is 0.176 e. The molecule has 2 nitrogen and oxygen atoms in total. The lowest BCUT2D eigenvalue weighted by Crippen LogP contribution is -2.18. The molecule has 1 aromatic carbocycles. The van der Waals surface area contributed by atoms with Gasteiger partial charge in [-0.3, -0.25) is 4.79 Å². The molecule has 0 atom stereocenters. The highest BCUT2D eigenvalue weighted by Crippen LogP contribution is 2.08. The van der Waals surface area contributed by atoms with E-state index in [4.69, 9.17) is 0 Å². The molecule has 70 valence electrons. The third kappa shape index (κ3) is 2.67. The number of nitrogens with one attached hydrogen (secondary N) is 1. The highest BCUT2D eigenvalue weighted by atomic mass is 16.1. The molecular formula is C11H15NO. The highest BCUT2D eigenvalue weighted by molar-refractivity contribution is 5.97. The van der Waals surface area contributed by atoms with E-state index in [1.54, 1.807) is 7.05 Å². The van der Waals surface area contributed by atoms with Crippen molar-refractivity contribution in [2.24, 2.45) is 0 Å². The smallest absolute Gasteiger partial charge is 0.176 e. The van der Waals surface area contributed by atoms with Crippen molar-refractivity contribution in [3.8, 4) is 0 Å². The summed E-state index contributed by atoms with van der Waals surface area (Å²) in [6.07, 6.45) is 0. The molecule has 1 aromatic rings. The summed E-state index contributed by atoms with van der Waals surface area (Å²) in [6, 6.07) is 5.91. The largest absolute Gasteiger partial charge is 0.313 e. The number of benzene rings is 1. The van der Waals surface area contributed by atoms with E-state index in [1.165, 1.54) is 0 Å². The normalized spacial score (nSPS) is 10.1. The van der Waals surface area contributed by atoms with Gasteiger partial charge in [0.05, 0.1) is 6.54 Å². The standard InChI is InChI=1S/C11H15NO/c1-8-4-9(2)6-10(5-8)11(13)7-12-3/h4-6,12H,7H2,1-3H3. The number of carbonyl (C=O) groups is 1. The Bertz CT molecular complexity index is 298. The fourth-order valence-electron chi connectivity index (χ4n) is 1.40. The van der Waals surface area contributed by atoms with Gasteiger partial charge in [-0.1, -0.05) is 17.2 Å². The molecule has 0 spiro atoms. The lowest BCUT2D eigenvalue weighted by molar-refractivity contribution is 0.0993. The lowest BCUT2D eigenvalue weighted by atomic mass is 10.0. The van der Waals surface area contributed by atoms with Gasteiger partial charge in [0.2, 0.25) is 0 Å². The van der Waals surface area contributed by atoms with Crippen molar-refractivity contribution >= 4 is 5.78 Å². The zero-order valence-corrected chi connectivity index (χ0v) is 8.35. The van der Waals surface area contributed by atoms with Crippen LogP contribution in [0.4, 0.5) is 0 Å². The van der Waals surface area contributed by atoms with Crippen molar-refractivity contribution in [1.29, 1.82) is 0 Å². The van der Waals surface area contributed by atoms with Crippen molar-refractivity contribution in [2.45, 2.75) is 13.8 Å². The molecule has 0 fully saturated rings. The predicted octanol–water partition coefficient (Wildman–Crippen LogP) is 1.71. The Morgan fingerprint density at radius 1 is 1.23 bits per heavy atom. The number of hydrogen-bond donors (Lipinski definition) is 1. The van der Waals surface area contributed by atoms with Crippen LogP contribution in [0.5, 0.6) is 0 Å². The van der Waals surface area contributed by atoms with Crippen LogP contribution >= 0.6 is 0 Å². The molecule has 0 heterocycles. The molecule has 0 saturated heterocycles. The van der Waals surface area contributed by atoms with Crippen molar-refractivity contribution in [3.05, 3.63) is 34.9 Å². The molecule has 0 amide bonds. The third-order valence-electron chi connectivity index (χ3n) is 1.88. The molecule has 0 saturated carbocycles. The monoisotopic (exact) mass is 177 g/mol. The van der Waals surface area contributed by atoms with Crippen LogP contribution in [0, 0.1) is 13.8 Å². The molecule has 0 aliphatic rings. The van der Waals surface area contributed by atoms with Crippen LogP contribution < -0.4 is 5.32 Å². The molecule has 1 rings (SSSR count). The minimum absolute atomic E-state index is 0.147. The second-order valence-electron chi connectivity index (χ2n) is 3.33. The Hall–Kier alpha value is -1.15. The van der Waals surface area contributed by atoms with E-state index in [-0.39, 0.29) is 5.78 Å². The minimum atomic E-state index is 0.147. The molecule has 0 unspecified atom stereocenters. The number of ketones is 1. The Kier molecular flexibility index (Phi) is 3.20. The molecular weight excluding hydrogens is 162 g/mol. The van der Waals surface area contributed by atoms with Gasteiger partial charge in [0, 0.05) is 5.56 Å². The summed E-state index contributed by atoms with van der Waals surface area (Å²) < 4.78 is 0. The highest BCUT2D eigenvalue weighted by Gasteiger charge is 2.04. The van der Waals surface area contributed by atoms with Crippen LogP contribution in [0.15, 0.2) is 18.2 Å². The molecule has 0 radical (unpaired) electrons. The van der Waals surface area contributed by atoms with Crippen molar-refractivity contribution < 1.29 is 4.79 Å². The van der Waals surface area contributed by atoms with E-state index in [0.29, 0.717) is 6.54 Å². The summed E-state index contributed by atoms with van der Waals surface area (Å²) in [5.74, 6) is 0.147. The fraction of sp³-hybridized carbons (Fsp3) is 0.364. The van der Waals surface area contributed by atoms with Gasteiger partial charge >= 0.3 is 0 Å². The summed E-state index contributed by atoms with van der Waals surface area (Å²) in [7, 11) is 1.78. The van der Waals surface area contributed by atoms with Crippen LogP contribution in [0.25, 0.3) is 0 Å². The van der Waals surface area contributed by atoms with E-state index < -0.39 is 0 Å². The topological polar surface area (TPSA) is 29.1 Å². The summed E-state index contributed by atoms with van der Waals surface area (Å²) in [5.41, 5.74) is 3.07. The SMILES string of the molecule is CNCC(=O)c1cc(C)cc(C)c1. The van der Waals surface area contributed by atoms with Gasteiger partial charge in [-0.25, -0.2) is 0 Å². The quantitative estimate of drug-likeness (QED) is 0.712. The number of aryl methyl sites for hydroxylation is 2. The van der Waals surface area contributed by atoms with Crippen molar-refractivity contribution in [2.75, 3.05) is 13.6 Å². The molecule has 0 aromatic heterocycles. The first kappa shape index (κ1) is 9.93.